The summed E-state index contributed by atoms with van der Waals surface area (Å²) in [7, 11) is 0. The normalized spacial score (nSPS) is 13.6. The molecule has 0 fully saturated rings. The molecule has 0 bridgehead atoms. The molecule has 1 aliphatic heterocycles. The molecule has 1 aromatic heterocycles. The maximum absolute atomic E-state index is 12.4. The average molecular weight is 393 g/mol. The second kappa shape index (κ2) is 6.84. The maximum Gasteiger partial charge on any atom is 0.261 e. The van der Waals surface area contributed by atoms with E-state index in [4.69, 9.17) is 0 Å². The first-order valence-electron chi connectivity index (χ1n) is 7.43. The van der Waals surface area contributed by atoms with E-state index >= 15 is 0 Å². The van der Waals surface area contributed by atoms with Crippen LogP contribution < -0.4 is 5.32 Å². The van der Waals surface area contributed by atoms with Gasteiger partial charge in [0.25, 0.3) is 5.91 Å². The van der Waals surface area contributed by atoms with Crippen molar-refractivity contribution in [3.05, 3.63) is 55.7 Å². The maximum atomic E-state index is 12.4. The van der Waals surface area contributed by atoms with Crippen molar-refractivity contribution in [2.75, 3.05) is 6.54 Å². The van der Waals surface area contributed by atoms with E-state index in [0.29, 0.717) is 18.0 Å². The van der Waals surface area contributed by atoms with E-state index in [1.54, 1.807) is 6.92 Å². The van der Waals surface area contributed by atoms with Gasteiger partial charge in [-0.2, -0.15) is 0 Å². The zero-order valence-corrected chi connectivity index (χ0v) is 15.2. The molecule has 0 radical (unpaired) electrons. The fraction of sp³-hybridized carbons (Fsp3) is 0.294. The smallest absolute Gasteiger partial charge is 0.261 e. The van der Waals surface area contributed by atoms with Gasteiger partial charge >= 0.3 is 0 Å². The highest BCUT2D eigenvalue weighted by Crippen LogP contribution is 2.28. The number of carbonyl (C=O) groups excluding carboxylic acids is 2. The largest absolute Gasteiger partial charge is 0.347 e. The molecule has 1 aliphatic rings. The van der Waals surface area contributed by atoms with Gasteiger partial charge in [-0.25, -0.2) is 0 Å². The summed E-state index contributed by atoms with van der Waals surface area (Å²) >= 11 is 5.02. The second-order valence-corrected chi connectivity index (χ2v) is 7.51. The number of nitrogens with zero attached hydrogens (tertiary/aromatic N) is 1. The fourth-order valence-electron chi connectivity index (χ4n) is 2.62. The SMILES string of the molecule is CC(=O)N1CCc2sc(C(=O)NCc3ccccc3Br)cc2C1. The predicted molar refractivity (Wildman–Crippen MR) is 94.4 cm³/mol. The third-order valence-electron chi connectivity index (χ3n) is 3.93. The van der Waals surface area contributed by atoms with Gasteiger partial charge in [0, 0.05) is 35.9 Å². The number of nitrogens with one attached hydrogen (secondary N) is 1. The highest BCUT2D eigenvalue weighted by Gasteiger charge is 2.22. The van der Waals surface area contributed by atoms with Crippen molar-refractivity contribution in [3.8, 4) is 0 Å². The Morgan fingerprint density at radius 1 is 1.35 bits per heavy atom. The number of thiophene rings is 1. The molecule has 0 aliphatic carbocycles. The molecule has 4 nitrogen and oxygen atoms in total. The van der Waals surface area contributed by atoms with E-state index in [0.717, 1.165) is 28.6 Å². The zero-order valence-electron chi connectivity index (χ0n) is 12.8. The molecule has 1 N–H and O–H groups in total. The number of rotatable bonds is 3. The quantitative estimate of drug-likeness (QED) is 0.870. The van der Waals surface area contributed by atoms with Crippen LogP contribution in [0.5, 0.6) is 0 Å². The summed E-state index contributed by atoms with van der Waals surface area (Å²) < 4.78 is 0.989. The zero-order chi connectivity index (χ0) is 16.4. The van der Waals surface area contributed by atoms with Gasteiger partial charge in [0.1, 0.15) is 0 Å². The van der Waals surface area contributed by atoms with Crippen molar-refractivity contribution < 1.29 is 9.59 Å². The lowest BCUT2D eigenvalue weighted by Crippen LogP contribution is -2.33. The number of hydrogen-bond acceptors (Lipinski definition) is 3. The average Bonchev–Trinajstić information content (AvgIpc) is 2.97. The Kier molecular flexibility index (Phi) is 4.82. The van der Waals surface area contributed by atoms with Crippen LogP contribution in [0.25, 0.3) is 0 Å². The van der Waals surface area contributed by atoms with Gasteiger partial charge in [0.2, 0.25) is 5.91 Å². The van der Waals surface area contributed by atoms with Crippen molar-refractivity contribution in [1.82, 2.24) is 10.2 Å². The van der Waals surface area contributed by atoms with Crippen molar-refractivity contribution in [1.29, 1.82) is 0 Å². The molecule has 0 saturated heterocycles. The molecular weight excluding hydrogens is 376 g/mol. The number of halogens is 1. The third kappa shape index (κ3) is 3.64. The van der Waals surface area contributed by atoms with E-state index in [1.807, 2.05) is 35.2 Å². The summed E-state index contributed by atoms with van der Waals surface area (Å²) in [6, 6.07) is 9.76. The van der Waals surface area contributed by atoms with Crippen LogP contribution in [-0.4, -0.2) is 23.3 Å². The molecule has 2 aromatic rings. The minimum atomic E-state index is -0.0606. The highest BCUT2D eigenvalue weighted by molar-refractivity contribution is 9.10. The Morgan fingerprint density at radius 2 is 2.13 bits per heavy atom. The number of benzene rings is 1. The molecule has 1 aromatic carbocycles. The van der Waals surface area contributed by atoms with Crippen LogP contribution in [0, 0.1) is 0 Å². The van der Waals surface area contributed by atoms with Crippen LogP contribution in [0.3, 0.4) is 0 Å². The van der Waals surface area contributed by atoms with E-state index in [-0.39, 0.29) is 11.8 Å². The molecule has 6 heteroatoms. The summed E-state index contributed by atoms with van der Waals surface area (Å²) in [5, 5.41) is 2.96. The van der Waals surface area contributed by atoms with Gasteiger partial charge in [0.05, 0.1) is 4.88 Å². The lowest BCUT2D eigenvalue weighted by atomic mass is 10.1. The van der Waals surface area contributed by atoms with Crippen LogP contribution in [0.1, 0.15) is 32.6 Å². The van der Waals surface area contributed by atoms with Gasteiger partial charge < -0.3 is 10.2 Å². The monoisotopic (exact) mass is 392 g/mol. The summed E-state index contributed by atoms with van der Waals surface area (Å²) in [5.41, 5.74) is 2.15. The van der Waals surface area contributed by atoms with Gasteiger partial charge in [-0.3, -0.25) is 9.59 Å². The first-order chi connectivity index (χ1) is 11.0. The predicted octanol–water partition coefficient (Wildman–Crippen LogP) is 3.35. The van der Waals surface area contributed by atoms with Crippen molar-refractivity contribution in [2.24, 2.45) is 0 Å². The van der Waals surface area contributed by atoms with Crippen LogP contribution in [-0.2, 0) is 24.3 Å². The van der Waals surface area contributed by atoms with Crippen LogP contribution in [0.4, 0.5) is 0 Å². The van der Waals surface area contributed by atoms with Crippen molar-refractivity contribution >= 4 is 39.1 Å². The topological polar surface area (TPSA) is 49.4 Å². The van der Waals surface area contributed by atoms with Gasteiger partial charge in [0.15, 0.2) is 0 Å². The molecular formula is C17H17BrN2O2S. The Hall–Kier alpha value is -1.66. The Bertz CT molecular complexity index is 757. The Balaban J connectivity index is 1.67. The summed E-state index contributed by atoms with van der Waals surface area (Å²) in [6.45, 7) is 3.42. The standard InChI is InChI=1S/C17H17BrN2O2S/c1-11(21)20-7-6-15-13(10-20)8-16(23-15)17(22)19-9-12-4-2-3-5-14(12)18/h2-5,8H,6-7,9-10H2,1H3,(H,19,22). The molecule has 120 valence electrons. The minimum absolute atomic E-state index is 0.0606. The number of fused-ring (bicyclic) bond motifs is 1. The van der Waals surface area contributed by atoms with Gasteiger partial charge in [-0.05, 0) is 29.7 Å². The van der Waals surface area contributed by atoms with Crippen LogP contribution >= 0.6 is 27.3 Å². The summed E-state index contributed by atoms with van der Waals surface area (Å²) in [6.07, 6.45) is 0.830. The summed E-state index contributed by atoms with van der Waals surface area (Å²) in [4.78, 5) is 27.6. The molecule has 2 heterocycles. The van der Waals surface area contributed by atoms with E-state index in [2.05, 4.69) is 21.2 Å². The molecule has 0 spiro atoms. The first kappa shape index (κ1) is 16.2. The van der Waals surface area contributed by atoms with E-state index < -0.39 is 0 Å². The molecule has 2 amide bonds. The van der Waals surface area contributed by atoms with E-state index in [1.165, 1.54) is 16.2 Å². The Labute approximate surface area is 147 Å². The van der Waals surface area contributed by atoms with Crippen LogP contribution in [0.2, 0.25) is 0 Å². The summed E-state index contributed by atoms with van der Waals surface area (Å²) in [5.74, 6) is 0.0244. The number of amides is 2. The van der Waals surface area contributed by atoms with E-state index in [9.17, 15) is 9.59 Å². The highest BCUT2D eigenvalue weighted by atomic mass is 79.9. The fourth-order valence-corrected chi connectivity index (χ4v) is 4.12. The lowest BCUT2D eigenvalue weighted by Gasteiger charge is -2.25. The Morgan fingerprint density at radius 3 is 2.87 bits per heavy atom. The molecule has 0 unspecified atom stereocenters. The minimum Gasteiger partial charge on any atom is -0.347 e. The van der Waals surface area contributed by atoms with Crippen molar-refractivity contribution in [3.63, 3.8) is 0 Å². The van der Waals surface area contributed by atoms with Gasteiger partial charge in [-0.15, -0.1) is 11.3 Å². The molecule has 0 saturated carbocycles. The van der Waals surface area contributed by atoms with Crippen LogP contribution in [0.15, 0.2) is 34.8 Å². The first-order valence-corrected chi connectivity index (χ1v) is 9.04. The number of carbonyl (C=O) groups is 2. The van der Waals surface area contributed by atoms with Crippen molar-refractivity contribution in [2.45, 2.75) is 26.4 Å². The molecule has 0 atom stereocenters. The number of hydrogen-bond donors (Lipinski definition) is 1. The molecule has 23 heavy (non-hydrogen) atoms. The van der Waals surface area contributed by atoms with Gasteiger partial charge in [-0.1, -0.05) is 34.1 Å². The third-order valence-corrected chi connectivity index (χ3v) is 5.94. The second-order valence-electron chi connectivity index (χ2n) is 5.52. The lowest BCUT2D eigenvalue weighted by molar-refractivity contribution is -0.129. The molecule has 3 rings (SSSR count).